The van der Waals surface area contributed by atoms with Gasteiger partial charge in [0.2, 0.25) is 0 Å². The fraction of sp³-hybridized carbons (Fsp3) is 0.500. The van der Waals surface area contributed by atoms with Crippen molar-refractivity contribution in [3.8, 4) is 0 Å². The maximum atomic E-state index is 5.59. The smallest absolute Gasteiger partial charge is 0.0943 e. The number of hydrogen-bond donors (Lipinski definition) is 1. The number of ether oxygens (including phenoxy) is 1. The van der Waals surface area contributed by atoms with E-state index in [1.54, 1.807) is 7.11 Å². The lowest BCUT2D eigenvalue weighted by Crippen LogP contribution is -2.14. The Morgan fingerprint density at radius 3 is 2.00 bits per heavy atom. The quantitative estimate of drug-likeness (QED) is 0.797. The van der Waals surface area contributed by atoms with Gasteiger partial charge in [0.1, 0.15) is 0 Å². The first-order chi connectivity index (χ1) is 6.69. The van der Waals surface area contributed by atoms with E-state index in [0.29, 0.717) is 12.5 Å². The molecule has 0 radical (unpaired) electrons. The van der Waals surface area contributed by atoms with E-state index in [9.17, 15) is 0 Å². The standard InChI is InChI=1S/C12H19NO/c1-9(2)10-4-6-11(7-5-10)12(8-13)14-3/h4-7,9,12H,8,13H2,1-3H3. The number of hydrogen-bond acceptors (Lipinski definition) is 2. The van der Waals surface area contributed by atoms with E-state index in [-0.39, 0.29) is 6.10 Å². The minimum atomic E-state index is 0.0243. The molecule has 0 amide bonds. The Labute approximate surface area is 86.1 Å². The zero-order valence-corrected chi connectivity index (χ0v) is 9.16. The van der Waals surface area contributed by atoms with Gasteiger partial charge in [0.25, 0.3) is 0 Å². The van der Waals surface area contributed by atoms with Crippen molar-refractivity contribution in [1.82, 2.24) is 0 Å². The first-order valence-electron chi connectivity index (χ1n) is 5.01. The summed E-state index contributed by atoms with van der Waals surface area (Å²) in [5.41, 5.74) is 8.09. The molecule has 0 aromatic heterocycles. The van der Waals surface area contributed by atoms with Gasteiger partial charge < -0.3 is 10.5 Å². The van der Waals surface area contributed by atoms with Crippen LogP contribution in [0.15, 0.2) is 24.3 Å². The van der Waals surface area contributed by atoms with E-state index >= 15 is 0 Å². The molecule has 0 saturated heterocycles. The summed E-state index contributed by atoms with van der Waals surface area (Å²) in [6, 6.07) is 8.47. The van der Waals surface area contributed by atoms with E-state index in [4.69, 9.17) is 10.5 Å². The Kier molecular flexibility index (Phi) is 4.11. The number of methoxy groups -OCH3 is 1. The third-order valence-corrected chi connectivity index (χ3v) is 2.47. The third kappa shape index (κ3) is 2.56. The second-order valence-corrected chi connectivity index (χ2v) is 3.78. The molecule has 0 aliphatic rings. The molecule has 1 aromatic rings. The Hall–Kier alpha value is -0.860. The van der Waals surface area contributed by atoms with Crippen molar-refractivity contribution in [2.45, 2.75) is 25.9 Å². The van der Waals surface area contributed by atoms with Crippen molar-refractivity contribution >= 4 is 0 Å². The van der Waals surface area contributed by atoms with Crippen molar-refractivity contribution < 1.29 is 4.74 Å². The highest BCUT2D eigenvalue weighted by molar-refractivity contribution is 5.26. The zero-order chi connectivity index (χ0) is 10.6. The molecule has 78 valence electrons. The Morgan fingerprint density at radius 2 is 1.64 bits per heavy atom. The molecule has 1 rings (SSSR count). The van der Waals surface area contributed by atoms with Crippen molar-refractivity contribution in [3.63, 3.8) is 0 Å². The lowest BCUT2D eigenvalue weighted by molar-refractivity contribution is 0.110. The van der Waals surface area contributed by atoms with Crippen LogP contribution in [-0.2, 0) is 4.74 Å². The summed E-state index contributed by atoms with van der Waals surface area (Å²) in [7, 11) is 1.69. The van der Waals surface area contributed by atoms with Crippen LogP contribution < -0.4 is 5.73 Å². The molecule has 14 heavy (non-hydrogen) atoms. The molecule has 0 heterocycles. The van der Waals surface area contributed by atoms with Crippen LogP contribution in [0.1, 0.15) is 37.0 Å². The number of nitrogens with two attached hydrogens (primary N) is 1. The van der Waals surface area contributed by atoms with Gasteiger partial charge in [-0.25, -0.2) is 0 Å². The molecule has 1 atom stereocenters. The van der Waals surface area contributed by atoms with Gasteiger partial charge in [-0.3, -0.25) is 0 Å². The molecule has 2 N–H and O–H groups in total. The second-order valence-electron chi connectivity index (χ2n) is 3.78. The average molecular weight is 193 g/mol. The summed E-state index contributed by atoms with van der Waals surface area (Å²) in [4.78, 5) is 0. The summed E-state index contributed by atoms with van der Waals surface area (Å²) in [6.07, 6.45) is 0.0243. The number of benzene rings is 1. The van der Waals surface area contributed by atoms with E-state index in [0.717, 1.165) is 5.56 Å². The van der Waals surface area contributed by atoms with Crippen LogP contribution in [0.4, 0.5) is 0 Å². The van der Waals surface area contributed by atoms with Crippen LogP contribution in [0.5, 0.6) is 0 Å². The summed E-state index contributed by atoms with van der Waals surface area (Å²) in [5, 5.41) is 0. The summed E-state index contributed by atoms with van der Waals surface area (Å²) < 4.78 is 5.26. The highest BCUT2D eigenvalue weighted by Crippen LogP contribution is 2.19. The van der Waals surface area contributed by atoms with Crippen molar-refractivity contribution in [2.24, 2.45) is 5.73 Å². The Bertz CT molecular complexity index is 262. The van der Waals surface area contributed by atoms with Gasteiger partial charge >= 0.3 is 0 Å². The molecule has 1 aromatic carbocycles. The highest BCUT2D eigenvalue weighted by atomic mass is 16.5. The minimum absolute atomic E-state index is 0.0243. The fourth-order valence-electron chi connectivity index (χ4n) is 1.46. The first kappa shape index (κ1) is 11.2. The second kappa shape index (κ2) is 5.13. The molecule has 0 aliphatic carbocycles. The lowest BCUT2D eigenvalue weighted by Gasteiger charge is -2.14. The minimum Gasteiger partial charge on any atom is -0.375 e. The third-order valence-electron chi connectivity index (χ3n) is 2.47. The monoisotopic (exact) mass is 193 g/mol. The van der Waals surface area contributed by atoms with Crippen molar-refractivity contribution in [3.05, 3.63) is 35.4 Å². The molecule has 0 spiro atoms. The van der Waals surface area contributed by atoms with E-state index in [1.807, 2.05) is 0 Å². The molecular weight excluding hydrogens is 174 g/mol. The van der Waals surface area contributed by atoms with Crippen LogP contribution in [0.3, 0.4) is 0 Å². The Balaban J connectivity index is 2.81. The molecule has 0 aliphatic heterocycles. The van der Waals surface area contributed by atoms with Crippen molar-refractivity contribution in [2.75, 3.05) is 13.7 Å². The summed E-state index contributed by atoms with van der Waals surface area (Å²) in [5.74, 6) is 0.572. The van der Waals surface area contributed by atoms with Crippen LogP contribution in [0.25, 0.3) is 0 Å². The van der Waals surface area contributed by atoms with Gasteiger partial charge in [-0.2, -0.15) is 0 Å². The maximum Gasteiger partial charge on any atom is 0.0943 e. The van der Waals surface area contributed by atoms with Crippen LogP contribution in [0, 0.1) is 0 Å². The largest absolute Gasteiger partial charge is 0.375 e. The van der Waals surface area contributed by atoms with E-state index < -0.39 is 0 Å². The van der Waals surface area contributed by atoms with Gasteiger partial charge in [0.15, 0.2) is 0 Å². The molecule has 2 nitrogen and oxygen atoms in total. The molecule has 0 fully saturated rings. The zero-order valence-electron chi connectivity index (χ0n) is 9.16. The number of rotatable bonds is 4. The highest BCUT2D eigenvalue weighted by Gasteiger charge is 2.07. The predicted molar refractivity (Wildman–Crippen MR) is 59.3 cm³/mol. The van der Waals surface area contributed by atoms with Gasteiger partial charge in [-0.1, -0.05) is 38.1 Å². The maximum absolute atomic E-state index is 5.59. The normalized spacial score (nSPS) is 13.2. The summed E-state index contributed by atoms with van der Waals surface area (Å²) >= 11 is 0. The van der Waals surface area contributed by atoms with E-state index in [1.165, 1.54) is 5.56 Å². The topological polar surface area (TPSA) is 35.2 Å². The molecule has 0 saturated carbocycles. The molecular formula is C12H19NO. The van der Waals surface area contributed by atoms with Gasteiger partial charge in [0, 0.05) is 13.7 Å². The Morgan fingerprint density at radius 1 is 1.14 bits per heavy atom. The first-order valence-corrected chi connectivity index (χ1v) is 5.01. The van der Waals surface area contributed by atoms with Gasteiger partial charge in [-0.15, -0.1) is 0 Å². The SMILES string of the molecule is COC(CN)c1ccc(C(C)C)cc1. The predicted octanol–water partition coefficient (Wildman–Crippen LogP) is 2.46. The van der Waals surface area contributed by atoms with E-state index in [2.05, 4.69) is 38.1 Å². The molecule has 2 heteroatoms. The molecule has 0 bridgehead atoms. The summed E-state index contributed by atoms with van der Waals surface area (Å²) in [6.45, 7) is 4.90. The van der Waals surface area contributed by atoms with Crippen LogP contribution >= 0.6 is 0 Å². The fourth-order valence-corrected chi connectivity index (χ4v) is 1.46. The lowest BCUT2D eigenvalue weighted by atomic mass is 10.00. The van der Waals surface area contributed by atoms with Crippen LogP contribution in [0.2, 0.25) is 0 Å². The van der Waals surface area contributed by atoms with Gasteiger partial charge in [0.05, 0.1) is 6.10 Å². The van der Waals surface area contributed by atoms with Gasteiger partial charge in [-0.05, 0) is 17.0 Å². The molecule has 1 unspecified atom stereocenters. The average Bonchev–Trinajstić information content (AvgIpc) is 2.20. The van der Waals surface area contributed by atoms with Crippen molar-refractivity contribution in [1.29, 1.82) is 0 Å². The van der Waals surface area contributed by atoms with Crippen LogP contribution in [-0.4, -0.2) is 13.7 Å².